The van der Waals surface area contributed by atoms with Gasteiger partial charge in [0.15, 0.2) is 6.10 Å². The highest BCUT2D eigenvalue weighted by molar-refractivity contribution is 5.94. The number of anilines is 1. The number of nitrogens with one attached hydrogen (secondary N) is 1. The van der Waals surface area contributed by atoms with E-state index in [4.69, 9.17) is 10.00 Å². The fourth-order valence-corrected chi connectivity index (χ4v) is 1.92. The van der Waals surface area contributed by atoms with E-state index in [-0.39, 0.29) is 5.91 Å². The summed E-state index contributed by atoms with van der Waals surface area (Å²) in [4.78, 5) is 23.5. The first kappa shape index (κ1) is 17.0. The summed E-state index contributed by atoms with van der Waals surface area (Å²) in [5.41, 5.74) is 1.50. The van der Waals surface area contributed by atoms with Gasteiger partial charge in [-0.1, -0.05) is 0 Å². The zero-order chi connectivity index (χ0) is 17.5. The Hall–Kier alpha value is -3.33. The minimum absolute atomic E-state index is 0.322. The Morgan fingerprint density at radius 3 is 2.25 bits per heavy atom. The van der Waals surface area contributed by atoms with Gasteiger partial charge in [0.05, 0.1) is 24.3 Å². The van der Waals surface area contributed by atoms with E-state index < -0.39 is 12.1 Å². The lowest BCUT2D eigenvalue weighted by molar-refractivity contribution is -0.122. The smallest absolute Gasteiger partial charge is 0.337 e. The van der Waals surface area contributed by atoms with Crippen LogP contribution in [0.15, 0.2) is 48.5 Å². The van der Waals surface area contributed by atoms with E-state index in [1.54, 1.807) is 55.5 Å². The maximum absolute atomic E-state index is 12.1. The van der Waals surface area contributed by atoms with Crippen LogP contribution in [0.25, 0.3) is 0 Å². The molecule has 2 aromatic rings. The van der Waals surface area contributed by atoms with Crippen molar-refractivity contribution in [1.29, 1.82) is 5.26 Å². The van der Waals surface area contributed by atoms with Crippen LogP contribution in [0.4, 0.5) is 5.69 Å². The highest BCUT2D eigenvalue weighted by atomic mass is 16.5. The van der Waals surface area contributed by atoms with E-state index >= 15 is 0 Å². The van der Waals surface area contributed by atoms with E-state index in [1.807, 2.05) is 6.07 Å². The van der Waals surface area contributed by atoms with Gasteiger partial charge >= 0.3 is 5.97 Å². The van der Waals surface area contributed by atoms with Gasteiger partial charge in [0, 0.05) is 5.69 Å². The van der Waals surface area contributed by atoms with E-state index in [2.05, 4.69) is 10.1 Å². The number of amides is 1. The van der Waals surface area contributed by atoms with Gasteiger partial charge in [0.1, 0.15) is 5.75 Å². The van der Waals surface area contributed by atoms with Crippen LogP contribution in [0.2, 0.25) is 0 Å². The first-order valence-corrected chi connectivity index (χ1v) is 7.19. The molecule has 0 bridgehead atoms. The predicted molar refractivity (Wildman–Crippen MR) is 87.7 cm³/mol. The lowest BCUT2D eigenvalue weighted by atomic mass is 10.2. The van der Waals surface area contributed by atoms with E-state index in [9.17, 15) is 9.59 Å². The number of nitrogens with zero attached hydrogens (tertiary/aromatic N) is 1. The summed E-state index contributed by atoms with van der Waals surface area (Å²) in [5.74, 6) is -0.296. The largest absolute Gasteiger partial charge is 0.481 e. The Morgan fingerprint density at radius 2 is 1.71 bits per heavy atom. The number of nitriles is 1. The van der Waals surface area contributed by atoms with Gasteiger partial charge in [-0.15, -0.1) is 0 Å². The summed E-state index contributed by atoms with van der Waals surface area (Å²) >= 11 is 0. The number of carbonyl (C=O) groups excluding carboxylic acids is 2. The highest BCUT2D eigenvalue weighted by Gasteiger charge is 2.15. The van der Waals surface area contributed by atoms with Crippen molar-refractivity contribution in [3.63, 3.8) is 0 Å². The van der Waals surface area contributed by atoms with Crippen LogP contribution < -0.4 is 10.1 Å². The molecule has 1 N–H and O–H groups in total. The van der Waals surface area contributed by atoms with Crippen molar-refractivity contribution in [1.82, 2.24) is 0 Å². The van der Waals surface area contributed by atoms with Crippen molar-refractivity contribution in [2.75, 3.05) is 12.4 Å². The molecule has 0 radical (unpaired) electrons. The first-order chi connectivity index (χ1) is 11.5. The fourth-order valence-electron chi connectivity index (χ4n) is 1.92. The van der Waals surface area contributed by atoms with Crippen LogP contribution in [0.5, 0.6) is 5.75 Å². The molecular formula is C18H16N2O4. The van der Waals surface area contributed by atoms with Gasteiger partial charge in [-0.2, -0.15) is 5.26 Å². The van der Waals surface area contributed by atoms with Gasteiger partial charge in [-0.3, -0.25) is 4.79 Å². The molecular weight excluding hydrogens is 308 g/mol. The Labute approximate surface area is 139 Å². The maximum atomic E-state index is 12.1. The number of hydrogen-bond acceptors (Lipinski definition) is 5. The van der Waals surface area contributed by atoms with Crippen molar-refractivity contribution in [3.05, 3.63) is 59.7 Å². The topological polar surface area (TPSA) is 88.4 Å². The van der Waals surface area contributed by atoms with Gasteiger partial charge < -0.3 is 14.8 Å². The third kappa shape index (κ3) is 4.34. The molecule has 24 heavy (non-hydrogen) atoms. The molecule has 6 nitrogen and oxygen atoms in total. The Morgan fingerprint density at radius 1 is 1.08 bits per heavy atom. The van der Waals surface area contributed by atoms with Crippen molar-refractivity contribution >= 4 is 17.6 Å². The summed E-state index contributed by atoms with van der Waals surface area (Å²) in [7, 11) is 1.31. The van der Waals surface area contributed by atoms with Crippen LogP contribution in [0.3, 0.4) is 0 Å². The van der Waals surface area contributed by atoms with Gasteiger partial charge in [0.2, 0.25) is 0 Å². The summed E-state index contributed by atoms with van der Waals surface area (Å²) in [6.07, 6.45) is -0.732. The number of ether oxygens (including phenoxy) is 2. The Balaban J connectivity index is 1.95. The van der Waals surface area contributed by atoms with Crippen molar-refractivity contribution in [2.24, 2.45) is 0 Å². The van der Waals surface area contributed by atoms with E-state index in [0.717, 1.165) is 0 Å². The average Bonchev–Trinajstić information content (AvgIpc) is 2.62. The van der Waals surface area contributed by atoms with Crippen LogP contribution in [0.1, 0.15) is 22.8 Å². The van der Waals surface area contributed by atoms with Gasteiger partial charge in [0.25, 0.3) is 5.91 Å². The molecule has 2 rings (SSSR count). The third-order valence-corrected chi connectivity index (χ3v) is 3.24. The summed E-state index contributed by atoms with van der Waals surface area (Å²) in [6, 6.07) is 14.9. The summed E-state index contributed by atoms with van der Waals surface area (Å²) in [6.45, 7) is 1.62. The summed E-state index contributed by atoms with van der Waals surface area (Å²) in [5, 5.41) is 11.5. The molecule has 0 spiro atoms. The number of rotatable bonds is 5. The molecule has 122 valence electrons. The Bertz CT molecular complexity index is 761. The monoisotopic (exact) mass is 324 g/mol. The van der Waals surface area contributed by atoms with Crippen LogP contribution in [-0.2, 0) is 9.53 Å². The number of hydrogen-bond donors (Lipinski definition) is 1. The molecule has 0 heterocycles. The molecule has 0 aliphatic carbocycles. The number of esters is 1. The molecule has 1 atom stereocenters. The molecule has 2 aromatic carbocycles. The molecule has 0 unspecified atom stereocenters. The third-order valence-electron chi connectivity index (χ3n) is 3.24. The fraction of sp³-hybridized carbons (Fsp3) is 0.167. The molecule has 0 aromatic heterocycles. The van der Waals surface area contributed by atoms with E-state index in [1.165, 1.54) is 7.11 Å². The van der Waals surface area contributed by atoms with Gasteiger partial charge in [-0.05, 0) is 55.5 Å². The average molecular weight is 324 g/mol. The number of methoxy groups -OCH3 is 1. The molecule has 6 heteroatoms. The molecule has 0 saturated carbocycles. The SMILES string of the molecule is COC(=O)c1ccc(O[C@H](C)C(=O)Nc2ccc(C#N)cc2)cc1. The highest BCUT2D eigenvalue weighted by Crippen LogP contribution is 2.16. The lowest BCUT2D eigenvalue weighted by Gasteiger charge is -2.15. The molecule has 0 fully saturated rings. The van der Waals surface area contributed by atoms with Crippen LogP contribution in [-0.4, -0.2) is 25.1 Å². The normalized spacial score (nSPS) is 11.0. The Kier molecular flexibility index (Phi) is 5.53. The van der Waals surface area contributed by atoms with E-state index in [0.29, 0.717) is 22.6 Å². The van der Waals surface area contributed by atoms with Crippen molar-refractivity contribution in [2.45, 2.75) is 13.0 Å². The second-order valence-electron chi connectivity index (χ2n) is 4.95. The number of benzene rings is 2. The zero-order valence-corrected chi connectivity index (χ0v) is 13.3. The van der Waals surface area contributed by atoms with Gasteiger partial charge in [-0.25, -0.2) is 4.79 Å². The summed E-state index contributed by atoms with van der Waals surface area (Å²) < 4.78 is 10.2. The molecule has 0 saturated heterocycles. The first-order valence-electron chi connectivity index (χ1n) is 7.19. The molecule has 0 aliphatic heterocycles. The second-order valence-corrected chi connectivity index (χ2v) is 4.95. The second kappa shape index (κ2) is 7.79. The van der Waals surface area contributed by atoms with Crippen molar-refractivity contribution in [3.8, 4) is 11.8 Å². The molecule has 1 amide bonds. The standard InChI is InChI=1S/C18H16N2O4/c1-12(17(21)20-15-7-3-13(11-19)4-8-15)24-16-9-5-14(6-10-16)18(22)23-2/h3-10,12H,1-2H3,(H,20,21)/t12-/m1/s1. The lowest BCUT2D eigenvalue weighted by Crippen LogP contribution is -2.30. The predicted octanol–water partition coefficient (Wildman–Crippen LogP) is 2.75. The minimum Gasteiger partial charge on any atom is -0.481 e. The minimum atomic E-state index is -0.732. The maximum Gasteiger partial charge on any atom is 0.337 e. The van der Waals surface area contributed by atoms with Crippen LogP contribution in [0, 0.1) is 11.3 Å². The molecule has 0 aliphatic rings. The zero-order valence-electron chi connectivity index (χ0n) is 13.3. The van der Waals surface area contributed by atoms with Crippen LogP contribution >= 0.6 is 0 Å². The number of carbonyl (C=O) groups is 2. The van der Waals surface area contributed by atoms with Crippen molar-refractivity contribution < 1.29 is 19.1 Å². The quantitative estimate of drug-likeness (QED) is 0.854.